The van der Waals surface area contributed by atoms with E-state index in [0.717, 1.165) is 6.61 Å². The van der Waals surface area contributed by atoms with Crippen LogP contribution in [0.3, 0.4) is 0 Å². The Morgan fingerprint density at radius 3 is 2.79 bits per heavy atom. The van der Waals surface area contributed by atoms with Crippen LogP contribution in [0.2, 0.25) is 5.02 Å². The lowest BCUT2D eigenvalue weighted by molar-refractivity contribution is 0.174. The van der Waals surface area contributed by atoms with E-state index in [-0.39, 0.29) is 0 Å². The van der Waals surface area contributed by atoms with E-state index < -0.39 is 0 Å². The van der Waals surface area contributed by atoms with Crippen LogP contribution in [-0.2, 0) is 0 Å². The number of aromatic nitrogens is 1. The van der Waals surface area contributed by atoms with E-state index in [0.29, 0.717) is 34.6 Å². The van der Waals surface area contributed by atoms with Crippen molar-refractivity contribution in [1.82, 2.24) is 4.98 Å². The monoisotopic (exact) mass is 281 g/mol. The Kier molecular flexibility index (Phi) is 3.57. The van der Waals surface area contributed by atoms with Crippen molar-refractivity contribution in [3.05, 3.63) is 17.3 Å². The van der Waals surface area contributed by atoms with E-state index in [2.05, 4.69) is 11.9 Å². The highest BCUT2D eigenvalue weighted by Crippen LogP contribution is 2.45. The first-order chi connectivity index (χ1) is 9.16. The molecule has 4 heteroatoms. The van der Waals surface area contributed by atoms with Crippen LogP contribution in [0.25, 0.3) is 0 Å². The Bertz CT molecular complexity index is 455. The van der Waals surface area contributed by atoms with Gasteiger partial charge in [0, 0.05) is 17.7 Å². The molecule has 2 fully saturated rings. The molecule has 1 aromatic rings. The number of hydrogen-bond donors (Lipinski definition) is 0. The standard InChI is InChI=1S/C15H20ClNO2/c1-15(6-7-15)10-19-12-5-8-17-14(13(12)16)18-9-11-3-2-4-11/h5,8,11H,2-4,6-7,9-10H2,1H3. The van der Waals surface area contributed by atoms with Crippen molar-refractivity contribution >= 4 is 11.6 Å². The second kappa shape index (κ2) is 5.20. The van der Waals surface area contributed by atoms with Crippen molar-refractivity contribution in [2.24, 2.45) is 11.3 Å². The second-order valence-corrected chi connectivity index (χ2v) is 6.51. The summed E-state index contributed by atoms with van der Waals surface area (Å²) in [6, 6.07) is 1.81. The van der Waals surface area contributed by atoms with Gasteiger partial charge in [0.05, 0.1) is 13.2 Å². The van der Waals surface area contributed by atoms with Crippen LogP contribution in [0, 0.1) is 11.3 Å². The largest absolute Gasteiger partial charge is 0.491 e. The van der Waals surface area contributed by atoms with Gasteiger partial charge in [-0.2, -0.15) is 0 Å². The van der Waals surface area contributed by atoms with Gasteiger partial charge in [-0.05, 0) is 31.6 Å². The third-order valence-corrected chi connectivity index (χ3v) is 4.53. The van der Waals surface area contributed by atoms with Gasteiger partial charge in [0.25, 0.3) is 0 Å². The van der Waals surface area contributed by atoms with Crippen molar-refractivity contribution in [1.29, 1.82) is 0 Å². The summed E-state index contributed by atoms with van der Waals surface area (Å²) in [5.74, 6) is 1.87. The van der Waals surface area contributed by atoms with Gasteiger partial charge in [-0.3, -0.25) is 0 Å². The van der Waals surface area contributed by atoms with E-state index in [1.807, 2.05) is 6.07 Å². The number of halogens is 1. The molecule has 1 heterocycles. The first-order valence-corrected chi connectivity index (χ1v) is 7.44. The van der Waals surface area contributed by atoms with Gasteiger partial charge in [-0.25, -0.2) is 4.98 Å². The summed E-state index contributed by atoms with van der Waals surface area (Å²) in [5, 5.41) is 0.506. The molecular weight excluding hydrogens is 262 g/mol. The first-order valence-electron chi connectivity index (χ1n) is 7.06. The molecule has 0 radical (unpaired) electrons. The molecule has 0 aliphatic heterocycles. The molecule has 2 aliphatic rings. The van der Waals surface area contributed by atoms with Crippen molar-refractivity contribution in [2.75, 3.05) is 13.2 Å². The quantitative estimate of drug-likeness (QED) is 0.787. The zero-order valence-electron chi connectivity index (χ0n) is 11.3. The summed E-state index contributed by atoms with van der Waals surface area (Å²) >= 11 is 6.29. The smallest absolute Gasteiger partial charge is 0.236 e. The predicted molar refractivity (Wildman–Crippen MR) is 74.9 cm³/mol. The van der Waals surface area contributed by atoms with Crippen LogP contribution in [0.1, 0.15) is 39.0 Å². The van der Waals surface area contributed by atoms with Gasteiger partial charge in [0.1, 0.15) is 10.8 Å². The molecule has 0 spiro atoms. The van der Waals surface area contributed by atoms with E-state index in [9.17, 15) is 0 Å². The van der Waals surface area contributed by atoms with Gasteiger partial charge in [0.15, 0.2) is 0 Å². The minimum atomic E-state index is 0.347. The van der Waals surface area contributed by atoms with E-state index >= 15 is 0 Å². The van der Waals surface area contributed by atoms with E-state index in [1.165, 1.54) is 32.1 Å². The van der Waals surface area contributed by atoms with Crippen LogP contribution in [-0.4, -0.2) is 18.2 Å². The average molecular weight is 282 g/mol. The van der Waals surface area contributed by atoms with Gasteiger partial charge in [-0.1, -0.05) is 24.9 Å². The Morgan fingerprint density at radius 1 is 1.37 bits per heavy atom. The SMILES string of the molecule is CC1(COc2ccnc(OCC3CCC3)c2Cl)CC1. The Hall–Kier alpha value is -0.960. The number of nitrogens with zero attached hydrogens (tertiary/aromatic N) is 1. The Morgan fingerprint density at radius 2 is 2.16 bits per heavy atom. The molecule has 0 bridgehead atoms. The van der Waals surface area contributed by atoms with Gasteiger partial charge >= 0.3 is 0 Å². The maximum atomic E-state index is 6.29. The van der Waals surface area contributed by atoms with E-state index in [4.69, 9.17) is 21.1 Å². The Balaban J connectivity index is 1.60. The molecule has 0 saturated heterocycles. The molecule has 19 heavy (non-hydrogen) atoms. The predicted octanol–water partition coefficient (Wildman–Crippen LogP) is 4.09. The van der Waals surface area contributed by atoms with Crippen LogP contribution in [0.4, 0.5) is 0 Å². The summed E-state index contributed by atoms with van der Waals surface area (Å²) in [5.41, 5.74) is 0.347. The summed E-state index contributed by atoms with van der Waals surface area (Å²) in [6.45, 7) is 3.67. The zero-order valence-corrected chi connectivity index (χ0v) is 12.1. The zero-order chi connectivity index (χ0) is 13.3. The molecule has 2 aliphatic carbocycles. The van der Waals surface area contributed by atoms with Crippen molar-refractivity contribution < 1.29 is 9.47 Å². The molecule has 2 saturated carbocycles. The maximum absolute atomic E-state index is 6.29. The highest BCUT2D eigenvalue weighted by molar-refractivity contribution is 6.33. The lowest BCUT2D eigenvalue weighted by atomic mass is 9.86. The van der Waals surface area contributed by atoms with Crippen LogP contribution in [0.5, 0.6) is 11.6 Å². The second-order valence-electron chi connectivity index (χ2n) is 6.14. The van der Waals surface area contributed by atoms with E-state index in [1.54, 1.807) is 6.20 Å². The minimum Gasteiger partial charge on any atom is -0.491 e. The van der Waals surface area contributed by atoms with Crippen LogP contribution < -0.4 is 9.47 Å². The molecular formula is C15H20ClNO2. The number of hydrogen-bond acceptors (Lipinski definition) is 3. The molecule has 0 unspecified atom stereocenters. The highest BCUT2D eigenvalue weighted by Gasteiger charge is 2.38. The highest BCUT2D eigenvalue weighted by atomic mass is 35.5. The summed E-state index contributed by atoms with van der Waals surface area (Å²) in [4.78, 5) is 4.20. The Labute approximate surface area is 119 Å². The molecule has 3 rings (SSSR count). The lowest BCUT2D eigenvalue weighted by Crippen LogP contribution is -2.19. The van der Waals surface area contributed by atoms with Crippen LogP contribution >= 0.6 is 11.6 Å². The molecule has 104 valence electrons. The number of rotatable bonds is 6. The molecule has 3 nitrogen and oxygen atoms in total. The summed E-state index contributed by atoms with van der Waals surface area (Å²) in [6.07, 6.45) is 8.00. The third-order valence-electron chi connectivity index (χ3n) is 4.18. The number of pyridine rings is 1. The number of ether oxygens (including phenoxy) is 2. The fraction of sp³-hybridized carbons (Fsp3) is 0.667. The van der Waals surface area contributed by atoms with Crippen LogP contribution in [0.15, 0.2) is 12.3 Å². The fourth-order valence-corrected chi connectivity index (χ4v) is 2.31. The molecule has 0 amide bonds. The minimum absolute atomic E-state index is 0.347. The molecule has 0 N–H and O–H groups in total. The lowest BCUT2D eigenvalue weighted by Gasteiger charge is -2.25. The molecule has 1 aromatic heterocycles. The van der Waals surface area contributed by atoms with Crippen molar-refractivity contribution in [3.8, 4) is 11.6 Å². The third kappa shape index (κ3) is 3.14. The van der Waals surface area contributed by atoms with Crippen molar-refractivity contribution in [3.63, 3.8) is 0 Å². The normalized spacial score (nSPS) is 20.7. The fourth-order valence-electron chi connectivity index (χ4n) is 2.09. The average Bonchev–Trinajstić information content (AvgIpc) is 3.06. The summed E-state index contributed by atoms with van der Waals surface area (Å²) < 4.78 is 11.5. The first kappa shape index (κ1) is 13.0. The summed E-state index contributed by atoms with van der Waals surface area (Å²) in [7, 11) is 0. The molecule has 0 atom stereocenters. The van der Waals surface area contributed by atoms with Crippen molar-refractivity contribution in [2.45, 2.75) is 39.0 Å². The molecule has 0 aromatic carbocycles. The van der Waals surface area contributed by atoms with Gasteiger partial charge in [0.2, 0.25) is 5.88 Å². The maximum Gasteiger partial charge on any atom is 0.236 e. The van der Waals surface area contributed by atoms with Gasteiger partial charge < -0.3 is 9.47 Å². The topological polar surface area (TPSA) is 31.4 Å². The van der Waals surface area contributed by atoms with Gasteiger partial charge in [-0.15, -0.1) is 0 Å².